The molecule has 0 aliphatic carbocycles. The van der Waals surface area contributed by atoms with Crippen molar-refractivity contribution in [2.75, 3.05) is 31.1 Å². The van der Waals surface area contributed by atoms with E-state index in [1.807, 2.05) is 6.20 Å². The number of nitrogens with zero attached hydrogens (tertiary/aromatic N) is 1. The van der Waals surface area contributed by atoms with E-state index in [2.05, 4.69) is 49.3 Å². The highest BCUT2D eigenvalue weighted by molar-refractivity contribution is 9.10. The lowest BCUT2D eigenvalue weighted by molar-refractivity contribution is 0.589. The molecular formula is C12H14BrN3. The van der Waals surface area contributed by atoms with E-state index in [1.54, 1.807) is 0 Å². The van der Waals surface area contributed by atoms with Gasteiger partial charge in [0, 0.05) is 42.2 Å². The normalized spacial score (nSPS) is 16.9. The first kappa shape index (κ1) is 10.2. The molecule has 0 bridgehead atoms. The monoisotopic (exact) mass is 279 g/mol. The Morgan fingerprint density at radius 3 is 2.75 bits per heavy atom. The van der Waals surface area contributed by atoms with Crippen molar-refractivity contribution in [1.29, 1.82) is 0 Å². The van der Waals surface area contributed by atoms with Gasteiger partial charge in [0.25, 0.3) is 0 Å². The first-order chi connectivity index (χ1) is 7.86. The molecule has 2 aromatic rings. The minimum atomic E-state index is 1.06. The van der Waals surface area contributed by atoms with Gasteiger partial charge in [-0.05, 0) is 28.1 Å². The van der Waals surface area contributed by atoms with Crippen molar-refractivity contribution in [3.05, 3.63) is 28.9 Å². The van der Waals surface area contributed by atoms with Gasteiger partial charge >= 0.3 is 0 Å². The predicted molar refractivity (Wildman–Crippen MR) is 71.1 cm³/mol. The van der Waals surface area contributed by atoms with E-state index >= 15 is 0 Å². The number of benzene rings is 1. The van der Waals surface area contributed by atoms with Crippen molar-refractivity contribution in [2.24, 2.45) is 0 Å². The lowest BCUT2D eigenvalue weighted by atomic mass is 10.2. The van der Waals surface area contributed by atoms with Crippen LogP contribution in [0, 0.1) is 0 Å². The first-order valence-electron chi connectivity index (χ1n) is 5.57. The number of rotatable bonds is 1. The third kappa shape index (κ3) is 1.62. The standard InChI is InChI=1S/C12H14BrN3/c13-10-2-1-9-3-4-15-11(9)12(10)16-7-5-14-6-8-16/h1-4,14-15H,5-8H2. The molecule has 1 aliphatic heterocycles. The summed E-state index contributed by atoms with van der Waals surface area (Å²) in [6.07, 6.45) is 2.00. The molecule has 1 aliphatic rings. The number of hydrogen-bond acceptors (Lipinski definition) is 2. The topological polar surface area (TPSA) is 31.1 Å². The van der Waals surface area contributed by atoms with Crippen LogP contribution in [0.15, 0.2) is 28.9 Å². The van der Waals surface area contributed by atoms with Crippen molar-refractivity contribution in [2.45, 2.75) is 0 Å². The maximum Gasteiger partial charge on any atom is 0.0756 e. The molecule has 0 radical (unpaired) electrons. The average Bonchev–Trinajstić information content (AvgIpc) is 2.78. The third-order valence-electron chi connectivity index (χ3n) is 3.08. The summed E-state index contributed by atoms with van der Waals surface area (Å²) in [5.41, 5.74) is 2.53. The highest BCUT2D eigenvalue weighted by Crippen LogP contribution is 2.33. The lowest BCUT2D eigenvalue weighted by Gasteiger charge is -2.30. The smallest absolute Gasteiger partial charge is 0.0756 e. The van der Waals surface area contributed by atoms with Crippen molar-refractivity contribution in [1.82, 2.24) is 10.3 Å². The Balaban J connectivity index is 2.12. The summed E-state index contributed by atoms with van der Waals surface area (Å²) >= 11 is 3.66. The van der Waals surface area contributed by atoms with Crippen LogP contribution in [0.5, 0.6) is 0 Å². The number of piperazine rings is 1. The van der Waals surface area contributed by atoms with Gasteiger partial charge in [-0.2, -0.15) is 0 Å². The minimum absolute atomic E-state index is 1.06. The van der Waals surface area contributed by atoms with Crippen molar-refractivity contribution < 1.29 is 0 Å². The average molecular weight is 280 g/mol. The molecule has 1 fully saturated rings. The Kier molecular flexibility index (Phi) is 2.61. The highest BCUT2D eigenvalue weighted by Gasteiger charge is 2.16. The Labute approximate surface area is 103 Å². The zero-order chi connectivity index (χ0) is 11.0. The SMILES string of the molecule is Brc1ccc2cc[nH]c2c1N1CCNCC1. The molecule has 0 amide bonds. The summed E-state index contributed by atoms with van der Waals surface area (Å²) < 4.78 is 1.17. The van der Waals surface area contributed by atoms with Crippen LogP contribution in [0.2, 0.25) is 0 Å². The van der Waals surface area contributed by atoms with Crippen LogP contribution in [0.3, 0.4) is 0 Å². The largest absolute Gasteiger partial charge is 0.366 e. The van der Waals surface area contributed by atoms with E-state index in [1.165, 1.54) is 21.1 Å². The molecule has 3 nitrogen and oxygen atoms in total. The fraction of sp³-hybridized carbons (Fsp3) is 0.333. The molecule has 0 unspecified atom stereocenters. The van der Waals surface area contributed by atoms with Crippen LogP contribution in [-0.2, 0) is 0 Å². The van der Waals surface area contributed by atoms with Gasteiger partial charge in [0.15, 0.2) is 0 Å². The molecule has 84 valence electrons. The molecule has 16 heavy (non-hydrogen) atoms. The number of anilines is 1. The maximum atomic E-state index is 3.66. The number of fused-ring (bicyclic) bond motifs is 1. The van der Waals surface area contributed by atoms with E-state index < -0.39 is 0 Å². The lowest BCUT2D eigenvalue weighted by Crippen LogP contribution is -2.43. The van der Waals surface area contributed by atoms with E-state index in [0.717, 1.165) is 26.2 Å². The van der Waals surface area contributed by atoms with Gasteiger partial charge in [-0.3, -0.25) is 0 Å². The fourth-order valence-corrected chi connectivity index (χ4v) is 2.87. The molecule has 4 heteroatoms. The predicted octanol–water partition coefficient (Wildman–Crippen LogP) is 2.34. The Hall–Kier alpha value is -1.00. The van der Waals surface area contributed by atoms with E-state index in [9.17, 15) is 0 Å². The summed E-state index contributed by atoms with van der Waals surface area (Å²) in [6.45, 7) is 4.25. The Morgan fingerprint density at radius 1 is 1.12 bits per heavy atom. The zero-order valence-electron chi connectivity index (χ0n) is 8.96. The van der Waals surface area contributed by atoms with Gasteiger partial charge in [0.1, 0.15) is 0 Å². The van der Waals surface area contributed by atoms with Crippen LogP contribution in [0.1, 0.15) is 0 Å². The number of aromatic amines is 1. The summed E-state index contributed by atoms with van der Waals surface area (Å²) in [5.74, 6) is 0. The maximum absolute atomic E-state index is 3.66. The highest BCUT2D eigenvalue weighted by atomic mass is 79.9. The minimum Gasteiger partial charge on any atom is -0.366 e. The van der Waals surface area contributed by atoms with Gasteiger partial charge < -0.3 is 15.2 Å². The number of halogens is 1. The molecule has 2 heterocycles. The summed E-state index contributed by atoms with van der Waals surface area (Å²) in [4.78, 5) is 5.76. The zero-order valence-corrected chi connectivity index (χ0v) is 10.5. The number of nitrogens with one attached hydrogen (secondary N) is 2. The molecule has 3 rings (SSSR count). The van der Waals surface area contributed by atoms with Gasteiger partial charge in [0.05, 0.1) is 11.2 Å². The molecule has 1 aromatic heterocycles. The number of hydrogen-bond donors (Lipinski definition) is 2. The van der Waals surface area contributed by atoms with Crippen LogP contribution >= 0.6 is 15.9 Å². The quantitative estimate of drug-likeness (QED) is 0.840. The van der Waals surface area contributed by atoms with Crippen LogP contribution in [0.4, 0.5) is 5.69 Å². The van der Waals surface area contributed by atoms with Gasteiger partial charge in [0.2, 0.25) is 0 Å². The van der Waals surface area contributed by atoms with Crippen LogP contribution in [0.25, 0.3) is 10.9 Å². The number of H-pyrrole nitrogens is 1. The second kappa shape index (κ2) is 4.11. The molecule has 0 saturated carbocycles. The first-order valence-corrected chi connectivity index (χ1v) is 6.37. The van der Waals surface area contributed by atoms with Crippen molar-refractivity contribution in [3.63, 3.8) is 0 Å². The van der Waals surface area contributed by atoms with E-state index in [4.69, 9.17) is 0 Å². The summed E-state index contributed by atoms with van der Waals surface area (Å²) in [7, 11) is 0. The second-order valence-electron chi connectivity index (χ2n) is 4.07. The Bertz CT molecular complexity index is 500. The van der Waals surface area contributed by atoms with Gasteiger partial charge in [-0.1, -0.05) is 6.07 Å². The molecule has 1 aromatic carbocycles. The van der Waals surface area contributed by atoms with Crippen LogP contribution in [-0.4, -0.2) is 31.2 Å². The van der Waals surface area contributed by atoms with Gasteiger partial charge in [-0.25, -0.2) is 0 Å². The van der Waals surface area contributed by atoms with Crippen molar-refractivity contribution >= 4 is 32.5 Å². The fourth-order valence-electron chi connectivity index (χ4n) is 2.28. The molecule has 0 spiro atoms. The second-order valence-corrected chi connectivity index (χ2v) is 4.93. The molecule has 2 N–H and O–H groups in total. The third-order valence-corrected chi connectivity index (χ3v) is 3.72. The van der Waals surface area contributed by atoms with E-state index in [-0.39, 0.29) is 0 Å². The molecule has 0 atom stereocenters. The van der Waals surface area contributed by atoms with E-state index in [0.29, 0.717) is 0 Å². The Morgan fingerprint density at radius 2 is 1.94 bits per heavy atom. The molecular weight excluding hydrogens is 266 g/mol. The van der Waals surface area contributed by atoms with Gasteiger partial charge in [-0.15, -0.1) is 0 Å². The summed E-state index contributed by atoms with van der Waals surface area (Å²) in [5, 5.41) is 4.65. The number of aromatic nitrogens is 1. The summed E-state index contributed by atoms with van der Waals surface area (Å²) in [6, 6.07) is 6.39. The molecule has 1 saturated heterocycles. The van der Waals surface area contributed by atoms with Crippen molar-refractivity contribution in [3.8, 4) is 0 Å². The van der Waals surface area contributed by atoms with Crippen LogP contribution < -0.4 is 10.2 Å².